The van der Waals surface area contributed by atoms with Gasteiger partial charge in [0.2, 0.25) is 0 Å². The summed E-state index contributed by atoms with van der Waals surface area (Å²) in [6.45, 7) is 6.53. The molecule has 2 aromatic rings. The Bertz CT molecular complexity index is 620. The molecule has 106 valence electrons. The van der Waals surface area contributed by atoms with Gasteiger partial charge in [0, 0.05) is 23.6 Å². The quantitative estimate of drug-likeness (QED) is 0.874. The first-order valence-electron chi connectivity index (χ1n) is 6.52. The molecule has 0 saturated carbocycles. The van der Waals surface area contributed by atoms with Gasteiger partial charge < -0.3 is 11.5 Å². The van der Waals surface area contributed by atoms with Crippen molar-refractivity contribution in [1.82, 2.24) is 9.78 Å². The molecule has 20 heavy (non-hydrogen) atoms. The average molecular weight is 272 g/mol. The van der Waals surface area contributed by atoms with Gasteiger partial charge in [-0.1, -0.05) is 32.9 Å². The number of anilines is 1. The molecule has 0 spiro atoms. The molecule has 0 aliphatic carbocycles. The number of rotatable bonds is 2. The van der Waals surface area contributed by atoms with Gasteiger partial charge >= 0.3 is 0 Å². The molecule has 0 saturated heterocycles. The molecule has 1 heterocycles. The number of nitrogen functional groups attached to an aromatic ring is 1. The van der Waals surface area contributed by atoms with Crippen LogP contribution in [0.25, 0.3) is 0 Å². The standard InChI is InChI=1S/C15H20N4O/c1-15(2,3)12-8-13(17)19(18-12)14(20)11-6-4-10(9-16)5-7-11/h4-8H,9,16-17H2,1-3H3. The van der Waals surface area contributed by atoms with Gasteiger partial charge in [-0.05, 0) is 17.7 Å². The molecular weight excluding hydrogens is 252 g/mol. The Labute approximate surface area is 118 Å². The van der Waals surface area contributed by atoms with Gasteiger partial charge in [0.05, 0.1) is 5.69 Å². The molecule has 1 aromatic heterocycles. The normalized spacial score (nSPS) is 11.6. The summed E-state index contributed by atoms with van der Waals surface area (Å²) in [4.78, 5) is 12.4. The van der Waals surface area contributed by atoms with E-state index in [-0.39, 0.29) is 11.3 Å². The van der Waals surface area contributed by atoms with Crippen LogP contribution < -0.4 is 11.5 Å². The predicted octanol–water partition coefficient (Wildman–Crippen LogP) is 1.91. The van der Waals surface area contributed by atoms with Crippen molar-refractivity contribution in [2.45, 2.75) is 32.7 Å². The van der Waals surface area contributed by atoms with Crippen LogP contribution in [0.3, 0.4) is 0 Å². The summed E-state index contributed by atoms with van der Waals surface area (Å²) in [5.41, 5.74) is 13.6. The Kier molecular flexibility index (Phi) is 3.63. The Morgan fingerprint density at radius 1 is 1.25 bits per heavy atom. The van der Waals surface area contributed by atoms with E-state index in [1.165, 1.54) is 4.68 Å². The van der Waals surface area contributed by atoms with Crippen molar-refractivity contribution in [3.05, 3.63) is 47.2 Å². The van der Waals surface area contributed by atoms with Crippen molar-refractivity contribution >= 4 is 11.7 Å². The van der Waals surface area contributed by atoms with Crippen LogP contribution in [0, 0.1) is 0 Å². The third kappa shape index (κ3) is 2.72. The summed E-state index contributed by atoms with van der Waals surface area (Å²) in [6, 6.07) is 8.88. The van der Waals surface area contributed by atoms with E-state index in [9.17, 15) is 4.79 Å². The third-order valence-corrected chi connectivity index (χ3v) is 3.13. The molecule has 1 aromatic carbocycles. The number of benzene rings is 1. The van der Waals surface area contributed by atoms with Crippen molar-refractivity contribution < 1.29 is 4.79 Å². The molecule has 0 fully saturated rings. The summed E-state index contributed by atoms with van der Waals surface area (Å²) >= 11 is 0. The van der Waals surface area contributed by atoms with Crippen molar-refractivity contribution in [3.63, 3.8) is 0 Å². The Hall–Kier alpha value is -2.14. The maximum Gasteiger partial charge on any atom is 0.280 e. The van der Waals surface area contributed by atoms with Crippen LogP contribution in [0.4, 0.5) is 5.82 Å². The molecule has 0 aliphatic heterocycles. The van der Waals surface area contributed by atoms with Crippen LogP contribution in [0.2, 0.25) is 0 Å². The van der Waals surface area contributed by atoms with E-state index in [0.29, 0.717) is 17.9 Å². The SMILES string of the molecule is CC(C)(C)c1cc(N)n(C(=O)c2ccc(CN)cc2)n1. The minimum absolute atomic E-state index is 0.150. The highest BCUT2D eigenvalue weighted by Crippen LogP contribution is 2.23. The second kappa shape index (κ2) is 5.09. The first-order chi connectivity index (χ1) is 9.32. The molecule has 5 nitrogen and oxygen atoms in total. The van der Waals surface area contributed by atoms with E-state index in [2.05, 4.69) is 5.10 Å². The second-order valence-electron chi connectivity index (χ2n) is 5.82. The Balaban J connectivity index is 2.35. The maximum absolute atomic E-state index is 12.4. The lowest BCUT2D eigenvalue weighted by Gasteiger charge is -2.13. The fourth-order valence-corrected chi connectivity index (χ4v) is 1.83. The van der Waals surface area contributed by atoms with Crippen LogP contribution in [-0.2, 0) is 12.0 Å². The van der Waals surface area contributed by atoms with E-state index >= 15 is 0 Å². The predicted molar refractivity (Wildman–Crippen MR) is 79.4 cm³/mol. The van der Waals surface area contributed by atoms with Gasteiger partial charge in [-0.2, -0.15) is 9.78 Å². The van der Waals surface area contributed by atoms with Gasteiger partial charge in [-0.15, -0.1) is 0 Å². The number of hydrogen-bond donors (Lipinski definition) is 2. The van der Waals surface area contributed by atoms with E-state index in [1.807, 2.05) is 32.9 Å². The van der Waals surface area contributed by atoms with E-state index in [4.69, 9.17) is 11.5 Å². The molecule has 0 amide bonds. The highest BCUT2D eigenvalue weighted by atomic mass is 16.2. The zero-order valence-corrected chi connectivity index (χ0v) is 12.1. The minimum atomic E-state index is -0.235. The van der Waals surface area contributed by atoms with E-state index in [1.54, 1.807) is 18.2 Å². The zero-order chi connectivity index (χ0) is 14.9. The number of nitrogens with zero attached hydrogens (tertiary/aromatic N) is 2. The molecule has 2 rings (SSSR count). The summed E-state index contributed by atoms with van der Waals surface area (Å²) in [5.74, 6) is 0.115. The molecule has 4 N–H and O–H groups in total. The minimum Gasteiger partial charge on any atom is -0.383 e. The highest BCUT2D eigenvalue weighted by molar-refractivity contribution is 5.97. The van der Waals surface area contributed by atoms with Crippen molar-refractivity contribution in [2.24, 2.45) is 5.73 Å². The van der Waals surface area contributed by atoms with E-state index in [0.717, 1.165) is 11.3 Å². The number of hydrogen-bond acceptors (Lipinski definition) is 4. The van der Waals surface area contributed by atoms with Crippen molar-refractivity contribution in [2.75, 3.05) is 5.73 Å². The Morgan fingerprint density at radius 2 is 1.85 bits per heavy atom. The fourth-order valence-electron chi connectivity index (χ4n) is 1.83. The monoisotopic (exact) mass is 272 g/mol. The first-order valence-corrected chi connectivity index (χ1v) is 6.52. The van der Waals surface area contributed by atoms with Crippen LogP contribution in [0.1, 0.15) is 42.4 Å². The summed E-state index contributed by atoms with van der Waals surface area (Å²) < 4.78 is 1.25. The number of carbonyl (C=O) groups excluding carboxylic acids is 1. The molecule has 0 bridgehead atoms. The second-order valence-corrected chi connectivity index (χ2v) is 5.82. The van der Waals surface area contributed by atoms with Crippen molar-refractivity contribution in [1.29, 1.82) is 0 Å². The number of aromatic nitrogens is 2. The van der Waals surface area contributed by atoms with Crippen LogP contribution in [0.5, 0.6) is 0 Å². The molecule has 0 radical (unpaired) electrons. The zero-order valence-electron chi connectivity index (χ0n) is 12.1. The van der Waals surface area contributed by atoms with Gasteiger partial charge in [0.1, 0.15) is 5.82 Å². The smallest absolute Gasteiger partial charge is 0.280 e. The summed E-state index contributed by atoms with van der Waals surface area (Å²) in [7, 11) is 0. The molecule has 0 aliphatic rings. The third-order valence-electron chi connectivity index (χ3n) is 3.13. The largest absolute Gasteiger partial charge is 0.383 e. The number of carbonyl (C=O) groups is 1. The van der Waals surface area contributed by atoms with Gasteiger partial charge in [0.25, 0.3) is 5.91 Å². The number of nitrogens with two attached hydrogens (primary N) is 2. The van der Waals surface area contributed by atoms with Gasteiger partial charge in [-0.25, -0.2) is 0 Å². The first kappa shape index (κ1) is 14.3. The van der Waals surface area contributed by atoms with Crippen molar-refractivity contribution in [3.8, 4) is 0 Å². The molecule has 5 heteroatoms. The van der Waals surface area contributed by atoms with Gasteiger partial charge in [0.15, 0.2) is 0 Å². The van der Waals surface area contributed by atoms with Gasteiger partial charge in [-0.3, -0.25) is 4.79 Å². The average Bonchev–Trinajstić information content (AvgIpc) is 2.80. The topological polar surface area (TPSA) is 86.9 Å². The summed E-state index contributed by atoms with van der Waals surface area (Å²) in [5, 5.41) is 4.32. The lowest BCUT2D eigenvalue weighted by molar-refractivity contribution is 0.0947. The maximum atomic E-state index is 12.4. The molecule has 0 unspecified atom stereocenters. The lowest BCUT2D eigenvalue weighted by Crippen LogP contribution is -2.18. The fraction of sp³-hybridized carbons (Fsp3) is 0.333. The van der Waals surface area contributed by atoms with Crippen LogP contribution >= 0.6 is 0 Å². The summed E-state index contributed by atoms with van der Waals surface area (Å²) in [6.07, 6.45) is 0. The molecule has 0 atom stereocenters. The van der Waals surface area contributed by atoms with Crippen LogP contribution in [0.15, 0.2) is 30.3 Å². The highest BCUT2D eigenvalue weighted by Gasteiger charge is 2.21. The molecular formula is C15H20N4O. The van der Waals surface area contributed by atoms with Crippen LogP contribution in [-0.4, -0.2) is 15.7 Å². The van der Waals surface area contributed by atoms with E-state index < -0.39 is 0 Å². The Morgan fingerprint density at radius 3 is 2.30 bits per heavy atom. The lowest BCUT2D eigenvalue weighted by atomic mass is 9.92.